The van der Waals surface area contributed by atoms with E-state index in [4.69, 9.17) is 14.2 Å². The molecule has 0 spiro atoms. The van der Waals surface area contributed by atoms with E-state index in [9.17, 15) is 0 Å². The lowest BCUT2D eigenvalue weighted by Gasteiger charge is -2.24. The minimum Gasteiger partial charge on any atom is -0.374 e. The Morgan fingerprint density at radius 2 is 2.15 bits per heavy atom. The number of hydrogen-bond acceptors (Lipinski definition) is 3. The van der Waals surface area contributed by atoms with Gasteiger partial charge < -0.3 is 14.2 Å². The van der Waals surface area contributed by atoms with Gasteiger partial charge in [-0.05, 0) is 20.8 Å². The summed E-state index contributed by atoms with van der Waals surface area (Å²) in [6.45, 7) is 11.1. The van der Waals surface area contributed by atoms with Crippen LogP contribution in [0.5, 0.6) is 0 Å². The first-order valence-electron chi connectivity index (χ1n) is 4.50. The molecule has 0 aromatic rings. The molecule has 3 nitrogen and oxygen atoms in total. The van der Waals surface area contributed by atoms with Crippen LogP contribution in [-0.4, -0.2) is 31.2 Å². The molecule has 1 fully saturated rings. The van der Waals surface area contributed by atoms with Crippen LogP contribution in [0.2, 0.25) is 0 Å². The second kappa shape index (κ2) is 3.78. The van der Waals surface area contributed by atoms with E-state index in [1.165, 1.54) is 0 Å². The van der Waals surface area contributed by atoms with E-state index < -0.39 is 5.79 Å². The molecular weight excluding hydrogens is 168 g/mol. The summed E-state index contributed by atoms with van der Waals surface area (Å²) < 4.78 is 16.5. The third kappa shape index (κ3) is 3.10. The van der Waals surface area contributed by atoms with Crippen molar-refractivity contribution >= 4 is 0 Å². The van der Waals surface area contributed by atoms with E-state index >= 15 is 0 Å². The molecule has 1 unspecified atom stereocenters. The van der Waals surface area contributed by atoms with Crippen LogP contribution in [0.25, 0.3) is 0 Å². The topological polar surface area (TPSA) is 27.7 Å². The van der Waals surface area contributed by atoms with Gasteiger partial charge in [-0.2, -0.15) is 0 Å². The maximum atomic E-state index is 5.70. The zero-order valence-electron chi connectivity index (χ0n) is 8.63. The molecular formula is C10H18O3. The summed E-state index contributed by atoms with van der Waals surface area (Å²) in [5.41, 5.74) is -0.313. The molecule has 0 aromatic carbocycles. The van der Waals surface area contributed by atoms with Gasteiger partial charge in [-0.15, -0.1) is 6.58 Å². The van der Waals surface area contributed by atoms with Crippen molar-refractivity contribution in [2.45, 2.75) is 32.2 Å². The highest BCUT2D eigenvalue weighted by atomic mass is 16.8. The van der Waals surface area contributed by atoms with Crippen molar-refractivity contribution in [3.05, 3.63) is 12.7 Å². The molecule has 3 heteroatoms. The molecule has 0 N–H and O–H groups in total. The molecule has 0 bridgehead atoms. The molecule has 0 aliphatic carbocycles. The fraction of sp³-hybridized carbons (Fsp3) is 0.800. The van der Waals surface area contributed by atoms with Gasteiger partial charge >= 0.3 is 0 Å². The Morgan fingerprint density at radius 3 is 2.62 bits per heavy atom. The standard InChI is InChI=1S/C10H18O3/c1-5-6-11-7-10(4)8-12-9(2,3)13-10/h5H,1,6-8H2,2-4H3. The van der Waals surface area contributed by atoms with Crippen molar-refractivity contribution in [3.8, 4) is 0 Å². The summed E-state index contributed by atoms with van der Waals surface area (Å²) in [6.07, 6.45) is 1.73. The highest BCUT2D eigenvalue weighted by Gasteiger charge is 2.41. The van der Waals surface area contributed by atoms with Gasteiger partial charge in [0.2, 0.25) is 0 Å². The van der Waals surface area contributed by atoms with Gasteiger partial charge in [0.1, 0.15) is 5.60 Å². The summed E-state index contributed by atoms with van der Waals surface area (Å²) in [7, 11) is 0. The van der Waals surface area contributed by atoms with Crippen molar-refractivity contribution < 1.29 is 14.2 Å². The van der Waals surface area contributed by atoms with Crippen molar-refractivity contribution in [2.24, 2.45) is 0 Å². The quantitative estimate of drug-likeness (QED) is 0.494. The molecule has 1 rings (SSSR count). The van der Waals surface area contributed by atoms with Gasteiger partial charge in [0.15, 0.2) is 5.79 Å². The van der Waals surface area contributed by atoms with E-state index in [1.807, 2.05) is 20.8 Å². The molecule has 1 aliphatic rings. The average molecular weight is 186 g/mol. The van der Waals surface area contributed by atoms with E-state index in [1.54, 1.807) is 6.08 Å². The number of hydrogen-bond donors (Lipinski definition) is 0. The summed E-state index contributed by atoms with van der Waals surface area (Å²) in [5.74, 6) is -0.480. The molecule has 1 saturated heterocycles. The molecule has 0 aromatic heterocycles. The fourth-order valence-electron chi connectivity index (χ4n) is 1.41. The first-order chi connectivity index (χ1) is 5.97. The lowest BCUT2D eigenvalue weighted by atomic mass is 10.1. The molecule has 1 aliphatic heterocycles. The van der Waals surface area contributed by atoms with Crippen LogP contribution in [0.1, 0.15) is 20.8 Å². The fourth-order valence-corrected chi connectivity index (χ4v) is 1.41. The lowest BCUT2D eigenvalue weighted by Crippen LogP contribution is -2.35. The van der Waals surface area contributed by atoms with Gasteiger partial charge in [0, 0.05) is 0 Å². The Labute approximate surface area is 79.7 Å². The van der Waals surface area contributed by atoms with Gasteiger partial charge in [-0.25, -0.2) is 0 Å². The Morgan fingerprint density at radius 1 is 1.46 bits per heavy atom. The lowest BCUT2D eigenvalue weighted by molar-refractivity contribution is -0.167. The Balaban J connectivity index is 2.36. The summed E-state index contributed by atoms with van der Waals surface area (Å²) in [5, 5.41) is 0. The minimum absolute atomic E-state index is 0.313. The van der Waals surface area contributed by atoms with Gasteiger partial charge in [0.25, 0.3) is 0 Å². The monoisotopic (exact) mass is 186 g/mol. The van der Waals surface area contributed by atoms with Crippen molar-refractivity contribution in [1.29, 1.82) is 0 Å². The van der Waals surface area contributed by atoms with Crippen LogP contribution >= 0.6 is 0 Å². The van der Waals surface area contributed by atoms with Crippen molar-refractivity contribution in [3.63, 3.8) is 0 Å². The highest BCUT2D eigenvalue weighted by molar-refractivity contribution is 4.83. The summed E-state index contributed by atoms with van der Waals surface area (Å²) in [6, 6.07) is 0. The van der Waals surface area contributed by atoms with E-state index in [0.29, 0.717) is 19.8 Å². The van der Waals surface area contributed by atoms with E-state index in [2.05, 4.69) is 6.58 Å². The summed E-state index contributed by atoms with van der Waals surface area (Å²) in [4.78, 5) is 0. The Kier molecular flexibility index (Phi) is 3.11. The van der Waals surface area contributed by atoms with Crippen molar-refractivity contribution in [1.82, 2.24) is 0 Å². The maximum absolute atomic E-state index is 5.70. The van der Waals surface area contributed by atoms with E-state index in [-0.39, 0.29) is 5.60 Å². The van der Waals surface area contributed by atoms with Crippen LogP contribution < -0.4 is 0 Å². The normalized spacial score (nSPS) is 31.9. The highest BCUT2D eigenvalue weighted by Crippen LogP contribution is 2.30. The van der Waals surface area contributed by atoms with Crippen LogP contribution in [0, 0.1) is 0 Å². The summed E-state index contributed by atoms with van der Waals surface area (Å²) >= 11 is 0. The first kappa shape index (κ1) is 10.7. The maximum Gasteiger partial charge on any atom is 0.163 e. The molecule has 76 valence electrons. The first-order valence-corrected chi connectivity index (χ1v) is 4.50. The van der Waals surface area contributed by atoms with Crippen LogP contribution in [-0.2, 0) is 14.2 Å². The number of rotatable bonds is 4. The number of ether oxygens (including phenoxy) is 3. The van der Waals surface area contributed by atoms with E-state index in [0.717, 1.165) is 0 Å². The predicted octanol–water partition coefficient (Wildman–Crippen LogP) is 1.73. The molecule has 0 radical (unpaired) electrons. The predicted molar refractivity (Wildman–Crippen MR) is 50.5 cm³/mol. The van der Waals surface area contributed by atoms with Gasteiger partial charge in [0.05, 0.1) is 19.8 Å². The smallest absolute Gasteiger partial charge is 0.163 e. The minimum atomic E-state index is -0.480. The molecule has 1 heterocycles. The second-order valence-corrected chi connectivity index (χ2v) is 4.04. The Hall–Kier alpha value is -0.380. The third-order valence-corrected chi connectivity index (χ3v) is 1.86. The zero-order valence-corrected chi connectivity index (χ0v) is 8.63. The molecule has 0 amide bonds. The zero-order chi connectivity index (χ0) is 9.95. The van der Waals surface area contributed by atoms with Crippen LogP contribution in [0.15, 0.2) is 12.7 Å². The SMILES string of the molecule is C=CCOCC1(C)COC(C)(C)O1. The molecule has 13 heavy (non-hydrogen) atoms. The van der Waals surface area contributed by atoms with Gasteiger partial charge in [-0.1, -0.05) is 6.08 Å². The van der Waals surface area contributed by atoms with Crippen LogP contribution in [0.4, 0.5) is 0 Å². The van der Waals surface area contributed by atoms with Crippen molar-refractivity contribution in [2.75, 3.05) is 19.8 Å². The third-order valence-electron chi connectivity index (χ3n) is 1.86. The molecule has 0 saturated carbocycles. The van der Waals surface area contributed by atoms with Crippen LogP contribution in [0.3, 0.4) is 0 Å². The molecule has 1 atom stereocenters. The van der Waals surface area contributed by atoms with Gasteiger partial charge in [-0.3, -0.25) is 0 Å². The average Bonchev–Trinajstić information content (AvgIpc) is 2.27. The Bertz CT molecular complexity index is 189. The largest absolute Gasteiger partial charge is 0.374 e. The second-order valence-electron chi connectivity index (χ2n) is 4.04.